The van der Waals surface area contributed by atoms with Crippen LogP contribution in [0.2, 0.25) is 0 Å². The van der Waals surface area contributed by atoms with Crippen molar-refractivity contribution in [2.45, 2.75) is 0 Å². The lowest BCUT2D eigenvalue weighted by atomic mass is 10.4. The van der Waals surface area contributed by atoms with Crippen molar-refractivity contribution in [3.05, 3.63) is 12.2 Å². The molecule has 1 saturated heterocycles. The van der Waals surface area contributed by atoms with Crippen LogP contribution in [0.15, 0.2) is 12.2 Å². The molecule has 0 saturated carbocycles. The molecule has 2 heterocycles. The van der Waals surface area contributed by atoms with E-state index in [2.05, 4.69) is 23.9 Å². The van der Waals surface area contributed by atoms with Crippen LogP contribution in [-0.2, 0) is 4.57 Å². The second kappa shape index (κ2) is 3.56. The van der Waals surface area contributed by atoms with Gasteiger partial charge in [0.15, 0.2) is 7.29 Å². The van der Waals surface area contributed by atoms with Crippen LogP contribution in [0.4, 0.5) is 0 Å². The average Bonchev–Trinajstić information content (AvgIpc) is 2.54. The highest BCUT2D eigenvalue weighted by molar-refractivity contribution is 7.62. The van der Waals surface area contributed by atoms with Gasteiger partial charge in [-0.25, -0.2) is 4.67 Å². The number of hydrogen-bond donors (Lipinski definition) is 1. The molecule has 0 radical (unpaired) electrons. The third-order valence-corrected chi connectivity index (χ3v) is 6.05. The zero-order chi connectivity index (χ0) is 9.31. The Morgan fingerprint density at radius 2 is 1.77 bits per heavy atom. The molecule has 1 N–H and O–H groups in total. The molecule has 0 aromatic heterocycles. The minimum Gasteiger partial charge on any atom is -0.335 e. The normalized spacial score (nSPS) is 29.6. The van der Waals surface area contributed by atoms with Crippen LogP contribution in [0.1, 0.15) is 0 Å². The first-order valence-electron chi connectivity index (χ1n) is 5.00. The van der Waals surface area contributed by atoms with Crippen molar-refractivity contribution < 1.29 is 9.46 Å². The molecule has 0 atom stereocenters. The third-order valence-electron chi connectivity index (χ3n) is 3.06. The van der Waals surface area contributed by atoms with E-state index in [1.54, 1.807) is 4.90 Å². The minimum absolute atomic E-state index is 0.812. The summed E-state index contributed by atoms with van der Waals surface area (Å²) in [6.07, 6.45) is 5.77. The molecule has 0 aromatic carbocycles. The van der Waals surface area contributed by atoms with Gasteiger partial charge in [0.05, 0.1) is 33.2 Å². The number of likely N-dealkylation sites (N-methyl/N-ethyl adjacent to an activating group) is 1. The van der Waals surface area contributed by atoms with E-state index in [9.17, 15) is 4.57 Å². The summed E-state index contributed by atoms with van der Waals surface area (Å²) in [5.41, 5.74) is 0. The highest BCUT2D eigenvalue weighted by atomic mass is 31.2. The van der Waals surface area contributed by atoms with Gasteiger partial charge in [-0.1, -0.05) is 12.2 Å². The second-order valence-corrected chi connectivity index (χ2v) is 7.08. The number of rotatable bonds is 1. The number of quaternary nitrogens is 1. The fourth-order valence-corrected chi connectivity index (χ4v) is 4.52. The van der Waals surface area contributed by atoms with Gasteiger partial charge in [-0.05, 0) is 0 Å². The highest BCUT2D eigenvalue weighted by Crippen LogP contribution is 2.52. The number of nitrogens with zero attached hydrogens (tertiary/aromatic N) is 1. The average molecular weight is 201 g/mol. The van der Waals surface area contributed by atoms with Crippen LogP contribution in [0.25, 0.3) is 0 Å². The summed E-state index contributed by atoms with van der Waals surface area (Å²) in [5, 5.41) is 0. The van der Waals surface area contributed by atoms with Crippen LogP contribution in [0.3, 0.4) is 0 Å². The molecule has 2 aliphatic heterocycles. The number of piperazine rings is 1. The number of allylic oxidation sites excluding steroid dienone is 2. The molecule has 0 spiro atoms. The monoisotopic (exact) mass is 201 g/mol. The number of hydrogen-bond acceptors (Lipinski definition) is 1. The first-order valence-corrected chi connectivity index (χ1v) is 7.03. The Balaban J connectivity index is 1.98. The Bertz CT molecular complexity index is 244. The molecule has 2 rings (SSSR count). The zero-order valence-electron chi connectivity index (χ0n) is 8.20. The molecular formula is C9H18N2OP+. The topological polar surface area (TPSA) is 24.8 Å². The molecule has 0 aliphatic carbocycles. The molecular weight excluding hydrogens is 183 g/mol. The fraction of sp³-hybridized carbons (Fsp3) is 0.778. The maximum Gasteiger partial charge on any atom is 0.158 e. The summed E-state index contributed by atoms with van der Waals surface area (Å²) in [5.74, 6) is 0. The Hall–Kier alpha value is -0.110. The predicted octanol–water partition coefficient (Wildman–Crippen LogP) is -0.335. The van der Waals surface area contributed by atoms with E-state index in [4.69, 9.17) is 0 Å². The van der Waals surface area contributed by atoms with Crippen LogP contribution in [0.5, 0.6) is 0 Å². The van der Waals surface area contributed by atoms with E-state index in [0.717, 1.165) is 38.5 Å². The van der Waals surface area contributed by atoms with E-state index >= 15 is 0 Å². The molecule has 1 fully saturated rings. The van der Waals surface area contributed by atoms with E-state index in [-0.39, 0.29) is 0 Å². The van der Waals surface area contributed by atoms with Crippen LogP contribution < -0.4 is 4.90 Å². The van der Waals surface area contributed by atoms with Crippen molar-refractivity contribution in [3.8, 4) is 0 Å². The lowest BCUT2D eigenvalue weighted by molar-refractivity contribution is -0.883. The Kier molecular flexibility index (Phi) is 2.59. The zero-order valence-corrected chi connectivity index (χ0v) is 9.09. The van der Waals surface area contributed by atoms with E-state index < -0.39 is 7.29 Å². The first kappa shape index (κ1) is 9.45. The maximum atomic E-state index is 12.3. The second-order valence-electron chi connectivity index (χ2n) is 4.09. The molecule has 0 bridgehead atoms. The van der Waals surface area contributed by atoms with Crippen molar-refractivity contribution in [2.75, 3.05) is 45.6 Å². The van der Waals surface area contributed by atoms with Crippen molar-refractivity contribution in [2.24, 2.45) is 0 Å². The lowest BCUT2D eigenvalue weighted by Gasteiger charge is -2.34. The Morgan fingerprint density at radius 3 is 2.31 bits per heavy atom. The van der Waals surface area contributed by atoms with E-state index in [0.29, 0.717) is 0 Å². The molecule has 0 aromatic rings. The Labute approximate surface area is 79.8 Å². The third kappa shape index (κ3) is 1.88. The predicted molar refractivity (Wildman–Crippen MR) is 54.7 cm³/mol. The van der Waals surface area contributed by atoms with Gasteiger partial charge in [-0.3, -0.25) is 0 Å². The van der Waals surface area contributed by atoms with E-state index in [1.165, 1.54) is 0 Å². The summed E-state index contributed by atoms with van der Waals surface area (Å²) in [7, 11) is 0.245. The Morgan fingerprint density at radius 1 is 1.23 bits per heavy atom. The molecule has 0 amide bonds. The van der Waals surface area contributed by atoms with Gasteiger partial charge in [-0.2, -0.15) is 0 Å². The van der Waals surface area contributed by atoms with Gasteiger partial charge in [0.2, 0.25) is 0 Å². The summed E-state index contributed by atoms with van der Waals surface area (Å²) in [6, 6.07) is 0. The van der Waals surface area contributed by atoms with Crippen LogP contribution in [0, 0.1) is 0 Å². The molecule has 3 nitrogen and oxygen atoms in total. The number of nitrogens with one attached hydrogen (secondary N) is 1. The van der Waals surface area contributed by atoms with Gasteiger partial charge in [0.25, 0.3) is 0 Å². The first-order chi connectivity index (χ1) is 6.21. The van der Waals surface area contributed by atoms with Gasteiger partial charge in [0.1, 0.15) is 0 Å². The van der Waals surface area contributed by atoms with Crippen LogP contribution in [-0.4, -0.2) is 50.2 Å². The molecule has 13 heavy (non-hydrogen) atoms. The quantitative estimate of drug-likeness (QED) is 0.464. The smallest absolute Gasteiger partial charge is 0.158 e. The molecule has 0 unspecified atom stereocenters. The van der Waals surface area contributed by atoms with Crippen molar-refractivity contribution in [3.63, 3.8) is 0 Å². The lowest BCUT2D eigenvalue weighted by Crippen LogP contribution is -3.11. The van der Waals surface area contributed by atoms with Gasteiger partial charge < -0.3 is 9.46 Å². The summed E-state index contributed by atoms with van der Waals surface area (Å²) >= 11 is 0. The maximum absolute atomic E-state index is 12.3. The highest BCUT2D eigenvalue weighted by Gasteiger charge is 2.33. The molecule has 4 heteroatoms. The summed E-state index contributed by atoms with van der Waals surface area (Å²) in [6.45, 7) is 4.32. The van der Waals surface area contributed by atoms with E-state index in [1.807, 2.05) is 0 Å². The molecule has 2 aliphatic rings. The van der Waals surface area contributed by atoms with Crippen molar-refractivity contribution >= 4 is 7.29 Å². The van der Waals surface area contributed by atoms with Crippen molar-refractivity contribution in [1.82, 2.24) is 4.67 Å². The summed E-state index contributed by atoms with van der Waals surface area (Å²) < 4.78 is 14.6. The molecule has 74 valence electrons. The fourth-order valence-electron chi connectivity index (χ4n) is 2.03. The largest absolute Gasteiger partial charge is 0.335 e. The standard InChI is InChI=1S/C9H17N2OP/c1-10-4-6-11(7-5-10)13(12)8-2-3-9-13/h2-3H,4-9H2,1H3/p+1. The van der Waals surface area contributed by atoms with Crippen molar-refractivity contribution in [1.29, 1.82) is 0 Å². The minimum atomic E-state index is -1.96. The van der Waals surface area contributed by atoms with Gasteiger partial charge in [-0.15, -0.1) is 0 Å². The SMILES string of the molecule is C[NH+]1CCN(P2(=O)CC=CC2)CC1. The summed E-state index contributed by atoms with van der Waals surface area (Å²) in [4.78, 5) is 1.56. The van der Waals surface area contributed by atoms with Gasteiger partial charge in [0, 0.05) is 12.3 Å². The van der Waals surface area contributed by atoms with Gasteiger partial charge >= 0.3 is 0 Å². The van der Waals surface area contributed by atoms with Crippen LogP contribution >= 0.6 is 7.29 Å².